The van der Waals surface area contributed by atoms with E-state index in [0.29, 0.717) is 0 Å². The van der Waals surface area contributed by atoms with E-state index in [1.165, 1.54) is 11.6 Å². The van der Waals surface area contributed by atoms with Crippen LogP contribution < -0.4 is 0 Å². The molecule has 1 rings (SSSR count). The highest BCUT2D eigenvalue weighted by Crippen LogP contribution is 2.36. The molecule has 0 spiro atoms. The van der Waals surface area contributed by atoms with Crippen LogP contribution in [0.25, 0.3) is 0 Å². The van der Waals surface area contributed by atoms with Gasteiger partial charge in [-0.1, -0.05) is 81.8 Å². The molecule has 1 aromatic rings. The molecule has 0 bridgehead atoms. The first kappa shape index (κ1) is 14.5. The van der Waals surface area contributed by atoms with Crippen molar-refractivity contribution in [1.82, 2.24) is 0 Å². The van der Waals surface area contributed by atoms with E-state index in [-0.39, 0.29) is 5.41 Å². The van der Waals surface area contributed by atoms with Gasteiger partial charge >= 0.3 is 0 Å². The zero-order chi connectivity index (χ0) is 12.2. The lowest BCUT2D eigenvalue weighted by Crippen LogP contribution is -2.38. The molecule has 0 saturated carbocycles. The van der Waals surface area contributed by atoms with Gasteiger partial charge in [0.1, 0.15) is 0 Å². The van der Waals surface area contributed by atoms with Crippen molar-refractivity contribution in [2.75, 3.05) is 10.7 Å². The predicted octanol–water partition coefficient (Wildman–Crippen LogP) is 5.05. The summed E-state index contributed by atoms with van der Waals surface area (Å²) < 4.78 is 0. The second-order valence-electron chi connectivity index (χ2n) is 5.65. The lowest BCUT2D eigenvalue weighted by molar-refractivity contribution is 0.612. The highest BCUT2D eigenvalue weighted by Gasteiger charge is 2.35. The molecule has 0 unspecified atom stereocenters. The normalized spacial score (nSPS) is 12.8. The minimum absolute atomic E-state index is 0.256. The summed E-state index contributed by atoms with van der Waals surface area (Å²) in [6.07, 6.45) is 0. The molecule has 0 saturated heterocycles. The Hall–Kier alpha value is 0.397. The van der Waals surface area contributed by atoms with Gasteiger partial charge in [-0.3, -0.25) is 0 Å². The molecule has 0 aromatic heterocycles. The maximum atomic E-state index is 3.71. The monoisotopic (exact) mass is 362 g/mol. The topological polar surface area (TPSA) is 0 Å². The number of hydrogen-bond donors (Lipinski definition) is 0. The Balaban J connectivity index is 3.06. The molecular formula is C13H20Br2Si. The van der Waals surface area contributed by atoms with E-state index in [4.69, 9.17) is 0 Å². The van der Waals surface area contributed by atoms with Gasteiger partial charge < -0.3 is 0 Å². The SMILES string of the molecule is C[Si](C)(C)CC(CBr)(CBr)c1ccccc1. The molecule has 0 N–H and O–H groups in total. The average Bonchev–Trinajstić information content (AvgIpc) is 2.26. The minimum atomic E-state index is -1.08. The van der Waals surface area contributed by atoms with Gasteiger partial charge in [-0.25, -0.2) is 0 Å². The summed E-state index contributed by atoms with van der Waals surface area (Å²) in [5.41, 5.74) is 1.71. The molecule has 0 heterocycles. The minimum Gasteiger partial charge on any atom is -0.0918 e. The van der Waals surface area contributed by atoms with Crippen LogP contribution >= 0.6 is 31.9 Å². The van der Waals surface area contributed by atoms with E-state index in [2.05, 4.69) is 81.8 Å². The van der Waals surface area contributed by atoms with Gasteiger partial charge in [-0.15, -0.1) is 0 Å². The maximum absolute atomic E-state index is 3.71. The van der Waals surface area contributed by atoms with Crippen LogP contribution in [-0.2, 0) is 5.41 Å². The van der Waals surface area contributed by atoms with E-state index in [0.717, 1.165) is 10.7 Å². The molecule has 0 atom stereocenters. The molecule has 90 valence electrons. The summed E-state index contributed by atoms with van der Waals surface area (Å²) in [6.45, 7) is 7.32. The summed E-state index contributed by atoms with van der Waals surface area (Å²) in [7, 11) is -1.08. The van der Waals surface area contributed by atoms with Gasteiger partial charge in [0.25, 0.3) is 0 Å². The van der Waals surface area contributed by atoms with Crippen molar-refractivity contribution >= 4 is 39.9 Å². The van der Waals surface area contributed by atoms with Crippen molar-refractivity contribution in [3.8, 4) is 0 Å². The zero-order valence-electron chi connectivity index (χ0n) is 10.3. The highest BCUT2D eigenvalue weighted by atomic mass is 79.9. The van der Waals surface area contributed by atoms with Gasteiger partial charge in [-0.2, -0.15) is 0 Å². The molecule has 0 aliphatic carbocycles. The number of hydrogen-bond acceptors (Lipinski definition) is 0. The predicted molar refractivity (Wildman–Crippen MR) is 83.9 cm³/mol. The fraction of sp³-hybridized carbons (Fsp3) is 0.538. The lowest BCUT2D eigenvalue weighted by atomic mass is 9.86. The van der Waals surface area contributed by atoms with Gasteiger partial charge in [0, 0.05) is 24.1 Å². The summed E-state index contributed by atoms with van der Waals surface area (Å²) in [5.74, 6) is 0. The first-order chi connectivity index (χ1) is 7.43. The first-order valence-corrected chi connectivity index (χ1v) is 11.6. The molecule has 16 heavy (non-hydrogen) atoms. The Morgan fingerprint density at radius 2 is 1.50 bits per heavy atom. The molecule has 0 aliphatic heterocycles. The molecule has 0 aliphatic rings. The smallest absolute Gasteiger partial charge is 0.0452 e. The van der Waals surface area contributed by atoms with Crippen LogP contribution in [0, 0.1) is 0 Å². The van der Waals surface area contributed by atoms with Crippen LogP contribution in [0.4, 0.5) is 0 Å². The Morgan fingerprint density at radius 3 is 1.88 bits per heavy atom. The van der Waals surface area contributed by atoms with Gasteiger partial charge in [-0.05, 0) is 11.6 Å². The van der Waals surface area contributed by atoms with Gasteiger partial charge in [0.2, 0.25) is 0 Å². The number of halogens is 2. The lowest BCUT2D eigenvalue weighted by Gasteiger charge is -2.36. The van der Waals surface area contributed by atoms with Crippen LogP contribution in [0.1, 0.15) is 5.56 Å². The number of benzene rings is 1. The van der Waals surface area contributed by atoms with Crippen LogP contribution in [0.5, 0.6) is 0 Å². The van der Waals surface area contributed by atoms with Gasteiger partial charge in [0.15, 0.2) is 0 Å². The second kappa shape index (κ2) is 5.83. The van der Waals surface area contributed by atoms with Crippen molar-refractivity contribution in [2.45, 2.75) is 31.1 Å². The first-order valence-electron chi connectivity index (χ1n) is 5.61. The Bertz CT molecular complexity index is 312. The molecular weight excluding hydrogens is 344 g/mol. The third-order valence-electron chi connectivity index (χ3n) is 2.77. The summed E-state index contributed by atoms with van der Waals surface area (Å²) in [5, 5.41) is 2.05. The van der Waals surface area contributed by atoms with Crippen LogP contribution in [0.3, 0.4) is 0 Å². The van der Waals surface area contributed by atoms with E-state index < -0.39 is 8.07 Å². The molecule has 1 aromatic carbocycles. The fourth-order valence-electron chi connectivity index (χ4n) is 2.19. The van der Waals surface area contributed by atoms with E-state index in [1.54, 1.807) is 0 Å². The Labute approximate surface area is 117 Å². The fourth-order valence-corrected chi connectivity index (χ4v) is 7.38. The standard InChI is InChI=1S/C13H20Br2Si/c1-16(2,3)11-13(9-14,10-15)12-7-5-4-6-8-12/h4-8H,9-11H2,1-3H3. The van der Waals surface area contributed by atoms with Crippen LogP contribution in [0.15, 0.2) is 30.3 Å². The van der Waals surface area contributed by atoms with Crippen molar-refractivity contribution in [3.05, 3.63) is 35.9 Å². The second-order valence-corrected chi connectivity index (χ2v) is 12.2. The largest absolute Gasteiger partial charge is 0.0918 e. The number of rotatable bonds is 5. The van der Waals surface area contributed by atoms with Crippen molar-refractivity contribution < 1.29 is 0 Å². The summed E-state index contributed by atoms with van der Waals surface area (Å²) in [4.78, 5) is 0. The van der Waals surface area contributed by atoms with E-state index in [1.807, 2.05) is 0 Å². The average molecular weight is 364 g/mol. The zero-order valence-corrected chi connectivity index (χ0v) is 14.4. The molecule has 0 nitrogen and oxygen atoms in total. The quantitative estimate of drug-likeness (QED) is 0.507. The van der Waals surface area contributed by atoms with E-state index >= 15 is 0 Å². The van der Waals surface area contributed by atoms with E-state index in [9.17, 15) is 0 Å². The summed E-state index contributed by atoms with van der Waals surface area (Å²) >= 11 is 7.43. The van der Waals surface area contributed by atoms with Crippen LogP contribution in [-0.4, -0.2) is 18.7 Å². The number of alkyl halides is 2. The molecule has 0 radical (unpaired) electrons. The highest BCUT2D eigenvalue weighted by molar-refractivity contribution is 9.09. The molecule has 3 heteroatoms. The molecule has 0 fully saturated rings. The summed E-state index contributed by atoms with van der Waals surface area (Å²) in [6, 6.07) is 12.2. The van der Waals surface area contributed by atoms with Gasteiger partial charge in [0.05, 0.1) is 0 Å². The molecule has 0 amide bonds. The third-order valence-corrected chi connectivity index (χ3v) is 6.65. The Morgan fingerprint density at radius 1 is 1.00 bits per heavy atom. The van der Waals surface area contributed by atoms with Crippen molar-refractivity contribution in [1.29, 1.82) is 0 Å². The van der Waals surface area contributed by atoms with Crippen molar-refractivity contribution in [2.24, 2.45) is 0 Å². The maximum Gasteiger partial charge on any atom is 0.0452 e. The Kier molecular flexibility index (Phi) is 5.27. The van der Waals surface area contributed by atoms with Crippen molar-refractivity contribution in [3.63, 3.8) is 0 Å². The van der Waals surface area contributed by atoms with Crippen LogP contribution in [0.2, 0.25) is 25.7 Å². The third kappa shape index (κ3) is 3.71.